The van der Waals surface area contributed by atoms with Crippen LogP contribution in [0.5, 0.6) is 0 Å². The fourth-order valence-corrected chi connectivity index (χ4v) is 3.22. The lowest BCUT2D eigenvalue weighted by Crippen LogP contribution is -2.41. The molecule has 0 saturated carbocycles. The minimum Gasteiger partial charge on any atom is -0.449 e. The number of nitrogens with zero attached hydrogens (tertiary/aromatic N) is 1. The van der Waals surface area contributed by atoms with Crippen molar-refractivity contribution in [1.29, 1.82) is 0 Å². The summed E-state index contributed by atoms with van der Waals surface area (Å²) in [5, 5.41) is 3.57. The van der Waals surface area contributed by atoms with E-state index in [4.69, 9.17) is 13.9 Å². The lowest BCUT2D eigenvalue weighted by Gasteiger charge is -2.26. The van der Waals surface area contributed by atoms with Crippen LogP contribution in [0.3, 0.4) is 0 Å². The largest absolute Gasteiger partial charge is 0.449 e. The number of carbonyl (C=O) groups excluding carboxylic acids is 2. The summed E-state index contributed by atoms with van der Waals surface area (Å²) in [7, 11) is 0. The van der Waals surface area contributed by atoms with Gasteiger partial charge in [-0.3, -0.25) is 9.59 Å². The third-order valence-electron chi connectivity index (χ3n) is 4.56. The van der Waals surface area contributed by atoms with Gasteiger partial charge >= 0.3 is 0 Å². The highest BCUT2D eigenvalue weighted by Gasteiger charge is 2.30. The molecule has 2 aromatic rings. The summed E-state index contributed by atoms with van der Waals surface area (Å²) in [4.78, 5) is 27.1. The molecule has 3 heterocycles. The Morgan fingerprint density at radius 1 is 1.12 bits per heavy atom. The van der Waals surface area contributed by atoms with Crippen molar-refractivity contribution in [1.82, 2.24) is 4.90 Å². The van der Waals surface area contributed by atoms with Gasteiger partial charge in [-0.2, -0.15) is 0 Å². The quantitative estimate of drug-likeness (QED) is 0.921. The van der Waals surface area contributed by atoms with E-state index in [2.05, 4.69) is 5.32 Å². The Hall–Kier alpha value is -2.38. The van der Waals surface area contributed by atoms with Gasteiger partial charge in [0.15, 0.2) is 0 Å². The van der Waals surface area contributed by atoms with Crippen molar-refractivity contribution >= 4 is 28.5 Å². The maximum atomic E-state index is 12.9. The van der Waals surface area contributed by atoms with Gasteiger partial charge in [0.2, 0.25) is 5.76 Å². The zero-order valence-corrected chi connectivity index (χ0v) is 13.8. The summed E-state index contributed by atoms with van der Waals surface area (Å²) in [6.45, 7) is 2.61. The molecule has 0 bridgehead atoms. The average Bonchev–Trinajstić information content (AvgIpc) is 3.30. The van der Waals surface area contributed by atoms with Crippen molar-refractivity contribution in [3.63, 3.8) is 0 Å². The summed E-state index contributed by atoms with van der Waals surface area (Å²) >= 11 is 0. The Kier molecular flexibility index (Phi) is 4.42. The van der Waals surface area contributed by atoms with E-state index in [1.807, 2.05) is 18.2 Å². The first-order chi connectivity index (χ1) is 12.2. The molecule has 1 aromatic heterocycles. The lowest BCUT2D eigenvalue weighted by atomic mass is 10.2. The van der Waals surface area contributed by atoms with Crippen LogP contribution in [-0.2, 0) is 14.3 Å². The second kappa shape index (κ2) is 6.85. The second-order valence-corrected chi connectivity index (χ2v) is 6.20. The lowest BCUT2D eigenvalue weighted by molar-refractivity contribution is -0.124. The van der Waals surface area contributed by atoms with E-state index in [0.29, 0.717) is 56.0 Å². The molecule has 1 N–H and O–H groups in total. The van der Waals surface area contributed by atoms with Crippen LogP contribution in [0.4, 0.5) is 5.69 Å². The number of anilines is 1. The van der Waals surface area contributed by atoms with E-state index in [1.54, 1.807) is 11.0 Å². The second-order valence-electron chi connectivity index (χ2n) is 6.20. The van der Waals surface area contributed by atoms with Gasteiger partial charge in [0.1, 0.15) is 17.4 Å². The van der Waals surface area contributed by atoms with E-state index >= 15 is 0 Å². The van der Waals surface area contributed by atoms with Gasteiger partial charge in [-0.1, -0.05) is 12.1 Å². The van der Waals surface area contributed by atoms with Crippen LogP contribution in [0, 0.1) is 0 Å². The molecule has 0 spiro atoms. The molecule has 0 aliphatic carbocycles. The first kappa shape index (κ1) is 16.1. The predicted molar refractivity (Wildman–Crippen MR) is 90.5 cm³/mol. The van der Waals surface area contributed by atoms with Crippen molar-refractivity contribution in [3.8, 4) is 0 Å². The predicted octanol–water partition coefficient (Wildman–Crippen LogP) is 2.02. The third-order valence-corrected chi connectivity index (χ3v) is 4.56. The van der Waals surface area contributed by atoms with E-state index in [0.717, 1.165) is 6.42 Å². The zero-order chi connectivity index (χ0) is 17.2. The van der Waals surface area contributed by atoms with E-state index in [9.17, 15) is 9.59 Å². The summed E-state index contributed by atoms with van der Waals surface area (Å²) in [6.07, 6.45) is 1.08. The summed E-state index contributed by atoms with van der Waals surface area (Å²) in [6, 6.07) is 7.30. The van der Waals surface area contributed by atoms with Gasteiger partial charge in [0.05, 0.1) is 13.2 Å². The number of carbonyl (C=O) groups is 2. The fraction of sp³-hybridized carbons (Fsp3) is 0.444. The van der Waals surface area contributed by atoms with Crippen molar-refractivity contribution < 1.29 is 23.5 Å². The van der Waals surface area contributed by atoms with Gasteiger partial charge in [0.25, 0.3) is 11.8 Å². The van der Waals surface area contributed by atoms with Crippen molar-refractivity contribution in [2.24, 2.45) is 0 Å². The Morgan fingerprint density at radius 2 is 1.92 bits per heavy atom. The topological polar surface area (TPSA) is 81.0 Å². The zero-order valence-electron chi connectivity index (χ0n) is 13.8. The van der Waals surface area contributed by atoms with Crippen LogP contribution >= 0.6 is 0 Å². The maximum Gasteiger partial charge on any atom is 0.291 e. The van der Waals surface area contributed by atoms with Crippen molar-refractivity contribution in [2.75, 3.05) is 38.2 Å². The van der Waals surface area contributed by atoms with Crippen LogP contribution in [0.15, 0.2) is 28.7 Å². The Bertz CT molecular complexity index is 788. The fourth-order valence-electron chi connectivity index (χ4n) is 3.22. The number of morpholine rings is 1. The highest BCUT2D eigenvalue weighted by molar-refractivity contribution is 6.11. The van der Waals surface area contributed by atoms with Gasteiger partial charge in [-0.25, -0.2) is 0 Å². The molecule has 1 aromatic carbocycles. The summed E-state index contributed by atoms with van der Waals surface area (Å²) < 4.78 is 16.5. The highest BCUT2D eigenvalue weighted by Crippen LogP contribution is 2.32. The number of fused-ring (bicyclic) bond motifs is 1. The molecule has 25 heavy (non-hydrogen) atoms. The average molecular weight is 344 g/mol. The molecule has 2 fully saturated rings. The molecular weight excluding hydrogens is 324 g/mol. The van der Waals surface area contributed by atoms with E-state index in [-0.39, 0.29) is 17.6 Å². The van der Waals surface area contributed by atoms with Crippen LogP contribution in [0.25, 0.3) is 11.0 Å². The van der Waals surface area contributed by atoms with Crippen LogP contribution in [0.2, 0.25) is 0 Å². The minimum atomic E-state index is -0.472. The SMILES string of the molecule is O=C(Nc1c(C(=O)N2CCOCC2)oc2ccccc12)[C@H]1CCCO1. The molecule has 7 nitrogen and oxygen atoms in total. The molecular formula is C18H20N2O5. The minimum absolute atomic E-state index is 0.162. The number of benzene rings is 1. The number of amides is 2. The molecule has 2 aliphatic rings. The molecule has 2 amide bonds. The number of nitrogens with one attached hydrogen (secondary N) is 1. The molecule has 7 heteroatoms. The highest BCUT2D eigenvalue weighted by atomic mass is 16.5. The summed E-state index contributed by atoms with van der Waals surface area (Å²) in [5.74, 6) is -0.309. The number of para-hydroxylation sites is 1. The van der Waals surface area contributed by atoms with E-state index < -0.39 is 6.10 Å². The standard InChI is InChI=1S/C18H20N2O5/c21-17(14-6-3-9-24-14)19-15-12-4-1-2-5-13(12)25-16(15)18(22)20-7-10-23-11-8-20/h1-2,4-5,14H,3,6-11H2,(H,19,21)/t14-/m1/s1. The van der Waals surface area contributed by atoms with Gasteiger partial charge in [-0.05, 0) is 25.0 Å². The van der Waals surface area contributed by atoms with Gasteiger partial charge in [-0.15, -0.1) is 0 Å². The molecule has 132 valence electrons. The van der Waals surface area contributed by atoms with Crippen LogP contribution in [-0.4, -0.2) is 55.7 Å². The molecule has 4 rings (SSSR count). The number of hydrogen-bond acceptors (Lipinski definition) is 5. The van der Waals surface area contributed by atoms with Crippen molar-refractivity contribution in [2.45, 2.75) is 18.9 Å². The molecule has 2 aliphatic heterocycles. The molecule has 0 unspecified atom stereocenters. The van der Waals surface area contributed by atoms with Crippen LogP contribution < -0.4 is 5.32 Å². The molecule has 2 saturated heterocycles. The normalized spacial score (nSPS) is 20.8. The monoisotopic (exact) mass is 344 g/mol. The first-order valence-corrected chi connectivity index (χ1v) is 8.55. The van der Waals surface area contributed by atoms with Gasteiger partial charge < -0.3 is 24.1 Å². The maximum absolute atomic E-state index is 12.9. The smallest absolute Gasteiger partial charge is 0.291 e. The Morgan fingerprint density at radius 3 is 2.68 bits per heavy atom. The number of furan rings is 1. The molecule has 1 atom stereocenters. The van der Waals surface area contributed by atoms with Gasteiger partial charge in [0, 0.05) is 25.1 Å². The Labute approximate surface area is 144 Å². The first-order valence-electron chi connectivity index (χ1n) is 8.55. The molecule has 0 radical (unpaired) electrons. The number of ether oxygens (including phenoxy) is 2. The number of hydrogen-bond donors (Lipinski definition) is 1. The van der Waals surface area contributed by atoms with Crippen molar-refractivity contribution in [3.05, 3.63) is 30.0 Å². The van der Waals surface area contributed by atoms with E-state index in [1.165, 1.54) is 0 Å². The third kappa shape index (κ3) is 3.12. The summed E-state index contributed by atoms with van der Waals surface area (Å²) in [5.41, 5.74) is 0.995. The number of rotatable bonds is 3. The van der Waals surface area contributed by atoms with Crippen LogP contribution in [0.1, 0.15) is 23.4 Å². The Balaban J connectivity index is 1.67.